The van der Waals surface area contributed by atoms with Crippen LogP contribution in [0.25, 0.3) is 0 Å². The fourth-order valence-electron chi connectivity index (χ4n) is 1.21. The lowest BCUT2D eigenvalue weighted by atomic mass is 10.0. The van der Waals surface area contributed by atoms with E-state index in [-0.39, 0.29) is 11.9 Å². The lowest BCUT2D eigenvalue weighted by Gasteiger charge is -2.13. The van der Waals surface area contributed by atoms with Crippen molar-refractivity contribution < 1.29 is 9.13 Å². The molecule has 0 spiro atoms. The van der Waals surface area contributed by atoms with Crippen molar-refractivity contribution in [3.8, 4) is 5.75 Å². The Balaban J connectivity index is 3.07. The summed E-state index contributed by atoms with van der Waals surface area (Å²) in [6.45, 7) is 1.95. The standard InChI is InChI=1S/C10H14FNO/c1-3-9(12)8-6-7(11)4-5-10(8)13-2/h4-6,9H,3,12H2,1-2H3/t9-/m1/s1. The Hall–Kier alpha value is -1.09. The van der Waals surface area contributed by atoms with Gasteiger partial charge in [-0.25, -0.2) is 4.39 Å². The maximum absolute atomic E-state index is 12.9. The minimum absolute atomic E-state index is 0.161. The lowest BCUT2D eigenvalue weighted by Crippen LogP contribution is -2.10. The highest BCUT2D eigenvalue weighted by atomic mass is 19.1. The molecule has 0 bridgehead atoms. The van der Waals surface area contributed by atoms with Crippen molar-refractivity contribution in [2.45, 2.75) is 19.4 Å². The van der Waals surface area contributed by atoms with Crippen molar-refractivity contribution in [2.75, 3.05) is 7.11 Å². The Bertz CT molecular complexity index is 288. The normalized spacial score (nSPS) is 12.6. The van der Waals surface area contributed by atoms with Gasteiger partial charge in [0.2, 0.25) is 0 Å². The molecule has 13 heavy (non-hydrogen) atoms. The highest BCUT2D eigenvalue weighted by molar-refractivity contribution is 5.36. The smallest absolute Gasteiger partial charge is 0.123 e. The topological polar surface area (TPSA) is 35.2 Å². The van der Waals surface area contributed by atoms with Gasteiger partial charge in [0.05, 0.1) is 7.11 Å². The molecule has 2 N–H and O–H groups in total. The van der Waals surface area contributed by atoms with Gasteiger partial charge >= 0.3 is 0 Å². The summed E-state index contributed by atoms with van der Waals surface area (Å²) in [6.07, 6.45) is 0.764. The van der Waals surface area contributed by atoms with Crippen LogP contribution < -0.4 is 10.5 Å². The first kappa shape index (κ1) is 9.99. The Labute approximate surface area is 77.5 Å². The molecule has 1 aromatic rings. The van der Waals surface area contributed by atoms with Crippen LogP contribution in [0.5, 0.6) is 5.75 Å². The summed E-state index contributed by atoms with van der Waals surface area (Å²) in [5.41, 5.74) is 6.52. The van der Waals surface area contributed by atoms with E-state index in [0.717, 1.165) is 12.0 Å². The van der Waals surface area contributed by atoms with Crippen LogP contribution >= 0.6 is 0 Å². The largest absolute Gasteiger partial charge is 0.496 e. The number of benzene rings is 1. The van der Waals surface area contributed by atoms with E-state index < -0.39 is 0 Å². The summed E-state index contributed by atoms with van der Waals surface area (Å²) in [5, 5.41) is 0. The Morgan fingerprint density at radius 1 is 1.54 bits per heavy atom. The molecule has 72 valence electrons. The fraction of sp³-hybridized carbons (Fsp3) is 0.400. The molecule has 0 aliphatic rings. The molecule has 1 atom stereocenters. The third kappa shape index (κ3) is 2.18. The quantitative estimate of drug-likeness (QED) is 0.780. The lowest BCUT2D eigenvalue weighted by molar-refractivity contribution is 0.403. The highest BCUT2D eigenvalue weighted by Gasteiger charge is 2.10. The molecule has 0 unspecified atom stereocenters. The van der Waals surface area contributed by atoms with Gasteiger partial charge in [-0.2, -0.15) is 0 Å². The van der Waals surface area contributed by atoms with Crippen molar-refractivity contribution in [2.24, 2.45) is 5.73 Å². The number of rotatable bonds is 3. The number of halogens is 1. The molecule has 2 nitrogen and oxygen atoms in total. The molecule has 0 radical (unpaired) electrons. The second-order valence-corrected chi connectivity index (χ2v) is 2.90. The zero-order chi connectivity index (χ0) is 9.84. The molecule has 0 aromatic heterocycles. The van der Waals surface area contributed by atoms with Crippen LogP contribution in [-0.4, -0.2) is 7.11 Å². The van der Waals surface area contributed by atoms with E-state index in [0.29, 0.717) is 5.75 Å². The van der Waals surface area contributed by atoms with E-state index in [4.69, 9.17) is 10.5 Å². The van der Waals surface area contributed by atoms with Crippen molar-refractivity contribution >= 4 is 0 Å². The minimum atomic E-state index is -0.278. The number of hydrogen-bond donors (Lipinski definition) is 1. The summed E-state index contributed by atoms with van der Waals surface area (Å²) in [7, 11) is 1.55. The van der Waals surface area contributed by atoms with Crippen LogP contribution in [0.2, 0.25) is 0 Å². The van der Waals surface area contributed by atoms with E-state index in [1.807, 2.05) is 6.92 Å². The van der Waals surface area contributed by atoms with Crippen LogP contribution in [0, 0.1) is 5.82 Å². The fourth-order valence-corrected chi connectivity index (χ4v) is 1.21. The van der Waals surface area contributed by atoms with Gasteiger partial charge in [0.15, 0.2) is 0 Å². The molecular weight excluding hydrogens is 169 g/mol. The van der Waals surface area contributed by atoms with Gasteiger partial charge in [0.1, 0.15) is 11.6 Å². The molecule has 0 fully saturated rings. The van der Waals surface area contributed by atoms with Gasteiger partial charge in [-0.15, -0.1) is 0 Å². The van der Waals surface area contributed by atoms with Gasteiger partial charge in [-0.3, -0.25) is 0 Å². The summed E-state index contributed by atoms with van der Waals surface area (Å²) >= 11 is 0. The zero-order valence-electron chi connectivity index (χ0n) is 7.88. The molecule has 0 saturated heterocycles. The molecule has 0 heterocycles. The first-order chi connectivity index (χ1) is 6.19. The van der Waals surface area contributed by atoms with E-state index >= 15 is 0 Å². The number of hydrogen-bond acceptors (Lipinski definition) is 2. The van der Waals surface area contributed by atoms with E-state index in [1.165, 1.54) is 12.1 Å². The van der Waals surface area contributed by atoms with Crippen molar-refractivity contribution in [3.05, 3.63) is 29.6 Å². The number of nitrogens with two attached hydrogens (primary N) is 1. The first-order valence-electron chi connectivity index (χ1n) is 4.28. The van der Waals surface area contributed by atoms with Gasteiger partial charge in [-0.1, -0.05) is 6.92 Å². The minimum Gasteiger partial charge on any atom is -0.496 e. The van der Waals surface area contributed by atoms with Crippen LogP contribution in [0.3, 0.4) is 0 Å². The second kappa shape index (κ2) is 4.23. The first-order valence-corrected chi connectivity index (χ1v) is 4.28. The molecule has 0 aliphatic heterocycles. The van der Waals surface area contributed by atoms with Gasteiger partial charge in [0.25, 0.3) is 0 Å². The Morgan fingerprint density at radius 2 is 2.23 bits per heavy atom. The summed E-state index contributed by atoms with van der Waals surface area (Å²) in [6, 6.07) is 4.23. The average Bonchev–Trinajstić information content (AvgIpc) is 2.16. The van der Waals surface area contributed by atoms with Gasteiger partial charge in [-0.05, 0) is 24.6 Å². The van der Waals surface area contributed by atoms with Crippen LogP contribution in [0.1, 0.15) is 24.9 Å². The van der Waals surface area contributed by atoms with Gasteiger partial charge in [0, 0.05) is 11.6 Å². The van der Waals surface area contributed by atoms with Crippen LogP contribution in [0.15, 0.2) is 18.2 Å². The van der Waals surface area contributed by atoms with E-state index in [9.17, 15) is 4.39 Å². The number of methoxy groups -OCH3 is 1. The molecule has 1 aromatic carbocycles. The van der Waals surface area contributed by atoms with Gasteiger partial charge < -0.3 is 10.5 Å². The SMILES string of the molecule is CC[C@@H](N)c1cc(F)ccc1OC. The number of ether oxygens (including phenoxy) is 1. The second-order valence-electron chi connectivity index (χ2n) is 2.90. The zero-order valence-corrected chi connectivity index (χ0v) is 7.88. The summed E-state index contributed by atoms with van der Waals surface area (Å²) in [5.74, 6) is 0.371. The van der Waals surface area contributed by atoms with E-state index in [1.54, 1.807) is 13.2 Å². The van der Waals surface area contributed by atoms with Crippen molar-refractivity contribution in [1.29, 1.82) is 0 Å². The van der Waals surface area contributed by atoms with Crippen LogP contribution in [0.4, 0.5) is 4.39 Å². The molecule has 0 amide bonds. The molecule has 0 saturated carbocycles. The maximum Gasteiger partial charge on any atom is 0.123 e. The Kier molecular flexibility index (Phi) is 3.25. The predicted octanol–water partition coefficient (Wildman–Crippen LogP) is 2.24. The predicted molar refractivity (Wildman–Crippen MR) is 50.2 cm³/mol. The molecule has 1 rings (SSSR count). The molecular formula is C10H14FNO. The maximum atomic E-state index is 12.9. The third-order valence-corrected chi connectivity index (χ3v) is 2.03. The highest BCUT2D eigenvalue weighted by Crippen LogP contribution is 2.25. The Morgan fingerprint density at radius 3 is 2.77 bits per heavy atom. The summed E-state index contributed by atoms with van der Waals surface area (Å²) in [4.78, 5) is 0. The van der Waals surface area contributed by atoms with E-state index in [2.05, 4.69) is 0 Å². The van der Waals surface area contributed by atoms with Crippen molar-refractivity contribution in [3.63, 3.8) is 0 Å². The summed E-state index contributed by atoms with van der Waals surface area (Å²) < 4.78 is 17.9. The van der Waals surface area contributed by atoms with Crippen LogP contribution in [-0.2, 0) is 0 Å². The average molecular weight is 183 g/mol. The molecule has 3 heteroatoms. The molecule has 0 aliphatic carbocycles. The monoisotopic (exact) mass is 183 g/mol. The van der Waals surface area contributed by atoms with Crippen molar-refractivity contribution in [1.82, 2.24) is 0 Å². The third-order valence-electron chi connectivity index (χ3n) is 2.03.